The van der Waals surface area contributed by atoms with E-state index < -0.39 is 41.6 Å². The van der Waals surface area contributed by atoms with Crippen molar-refractivity contribution in [3.8, 4) is 5.75 Å². The number of esters is 1. The van der Waals surface area contributed by atoms with Crippen LogP contribution in [0.15, 0.2) is 36.9 Å². The first-order chi connectivity index (χ1) is 17.8. The molecular weight excluding hydrogens is 476 g/mol. The lowest BCUT2D eigenvalue weighted by Gasteiger charge is -2.40. The fraction of sp³-hybridized carbons (Fsp3) is 0.607. The van der Waals surface area contributed by atoms with Gasteiger partial charge in [0, 0.05) is 12.2 Å². The first kappa shape index (κ1) is 27.1. The van der Waals surface area contributed by atoms with Crippen LogP contribution < -0.4 is 9.64 Å². The number of aliphatic hydroxyl groups excluding tert-OH is 1. The number of fused-ring (bicyclic) bond motifs is 1. The Bertz CT molecular complexity index is 1030. The van der Waals surface area contributed by atoms with Crippen molar-refractivity contribution in [3.05, 3.63) is 36.9 Å². The molecule has 3 heterocycles. The summed E-state index contributed by atoms with van der Waals surface area (Å²) in [6.45, 7) is 9.59. The standard InChI is InChI=1S/C28H38N2O7/c1-6-15-29(18-9-11-19(35-5)12-10-18)26(33)24-28-14-13-21(37-28)22(27(34)36-8-3)23(28)25(32)30(24)20(16-31)17(4)7-2/h6,9-12,17,20-24,31H,1,7-8,13-16H2,2-5H3/t17-,20-,21-,22+,23+,24-,28+/m0/s1. The van der Waals surface area contributed by atoms with Crippen LogP contribution in [-0.4, -0.2) is 78.4 Å². The minimum absolute atomic E-state index is 0.0773. The molecule has 0 saturated carbocycles. The number of hydrogen-bond donors (Lipinski definition) is 1. The molecule has 9 nitrogen and oxygen atoms in total. The Labute approximate surface area is 218 Å². The minimum Gasteiger partial charge on any atom is -0.497 e. The maximum Gasteiger partial charge on any atom is 0.312 e. The van der Waals surface area contributed by atoms with Crippen molar-refractivity contribution in [1.82, 2.24) is 4.90 Å². The normalized spacial score (nSPS) is 29.5. The van der Waals surface area contributed by atoms with E-state index in [1.54, 1.807) is 49.3 Å². The molecule has 4 rings (SSSR count). The fourth-order valence-electron chi connectivity index (χ4n) is 6.41. The molecule has 9 heteroatoms. The van der Waals surface area contributed by atoms with E-state index >= 15 is 0 Å². The number of likely N-dealkylation sites (tertiary alicyclic amines) is 1. The van der Waals surface area contributed by atoms with Gasteiger partial charge >= 0.3 is 5.97 Å². The summed E-state index contributed by atoms with van der Waals surface area (Å²) >= 11 is 0. The first-order valence-corrected chi connectivity index (χ1v) is 13.1. The van der Waals surface area contributed by atoms with Gasteiger partial charge in [-0.15, -0.1) is 6.58 Å². The van der Waals surface area contributed by atoms with Gasteiger partial charge in [0.15, 0.2) is 0 Å². The van der Waals surface area contributed by atoms with Crippen molar-refractivity contribution in [2.45, 2.75) is 63.8 Å². The third kappa shape index (κ3) is 4.32. The predicted molar refractivity (Wildman–Crippen MR) is 137 cm³/mol. The van der Waals surface area contributed by atoms with E-state index in [9.17, 15) is 19.5 Å². The van der Waals surface area contributed by atoms with Crippen LogP contribution in [0.5, 0.6) is 5.75 Å². The molecular formula is C28H38N2O7. The zero-order valence-corrected chi connectivity index (χ0v) is 22.1. The largest absolute Gasteiger partial charge is 0.497 e. The van der Waals surface area contributed by atoms with E-state index in [1.807, 2.05) is 13.8 Å². The average molecular weight is 515 g/mol. The molecule has 37 heavy (non-hydrogen) atoms. The molecule has 0 unspecified atom stereocenters. The van der Waals surface area contributed by atoms with Crippen molar-refractivity contribution >= 4 is 23.5 Å². The number of benzene rings is 1. The van der Waals surface area contributed by atoms with Gasteiger partial charge in [-0.1, -0.05) is 26.3 Å². The number of hydrogen-bond acceptors (Lipinski definition) is 7. The summed E-state index contributed by atoms with van der Waals surface area (Å²) in [6.07, 6.45) is 2.88. The molecule has 3 aliphatic heterocycles. The van der Waals surface area contributed by atoms with E-state index in [4.69, 9.17) is 14.2 Å². The molecule has 1 spiro atoms. The van der Waals surface area contributed by atoms with Gasteiger partial charge in [-0.05, 0) is 49.9 Å². The topological polar surface area (TPSA) is 106 Å². The summed E-state index contributed by atoms with van der Waals surface area (Å²) in [5, 5.41) is 10.4. The van der Waals surface area contributed by atoms with Crippen molar-refractivity contribution < 1.29 is 33.7 Å². The van der Waals surface area contributed by atoms with Crippen molar-refractivity contribution in [2.24, 2.45) is 17.8 Å². The van der Waals surface area contributed by atoms with Gasteiger partial charge in [0.1, 0.15) is 17.4 Å². The van der Waals surface area contributed by atoms with Gasteiger partial charge < -0.3 is 29.1 Å². The zero-order valence-electron chi connectivity index (χ0n) is 22.1. The molecule has 3 aliphatic rings. The molecule has 1 aromatic rings. The van der Waals surface area contributed by atoms with Gasteiger partial charge in [0.05, 0.1) is 44.3 Å². The molecule has 1 aromatic carbocycles. The molecule has 3 fully saturated rings. The Balaban J connectivity index is 1.82. The summed E-state index contributed by atoms with van der Waals surface area (Å²) in [4.78, 5) is 44.7. The summed E-state index contributed by atoms with van der Waals surface area (Å²) in [5.41, 5.74) is -0.542. The number of nitrogens with zero attached hydrogens (tertiary/aromatic N) is 2. The molecule has 0 aliphatic carbocycles. The molecule has 0 aromatic heterocycles. The van der Waals surface area contributed by atoms with E-state index in [0.717, 1.165) is 0 Å². The van der Waals surface area contributed by atoms with E-state index in [-0.39, 0.29) is 37.5 Å². The maximum atomic E-state index is 14.5. The Morgan fingerprint density at radius 3 is 2.59 bits per heavy atom. The lowest BCUT2D eigenvalue weighted by atomic mass is 9.70. The van der Waals surface area contributed by atoms with Gasteiger partial charge in [-0.25, -0.2) is 0 Å². The SMILES string of the molecule is C=CCN(C(=O)[C@@H]1N([C@@H](CO)[C@@H](C)CC)C(=O)[C@H]2[C@H](C(=O)OCC)[C@@H]3CC[C@]12O3)c1ccc(OC)cc1. The number of methoxy groups -OCH3 is 1. The average Bonchev–Trinajstić information content (AvgIpc) is 3.55. The number of anilines is 1. The molecule has 2 amide bonds. The quantitative estimate of drug-likeness (QED) is 0.357. The second-order valence-corrected chi connectivity index (χ2v) is 10.1. The van der Waals surface area contributed by atoms with Crippen molar-refractivity contribution in [2.75, 3.05) is 31.8 Å². The molecule has 3 saturated heterocycles. The van der Waals surface area contributed by atoms with Crippen LogP contribution in [0.25, 0.3) is 0 Å². The highest BCUT2D eigenvalue weighted by Gasteiger charge is 2.75. The Kier molecular flexibility index (Phi) is 7.94. The maximum absolute atomic E-state index is 14.5. The molecule has 1 N–H and O–H groups in total. The van der Waals surface area contributed by atoms with Gasteiger partial charge in [-0.3, -0.25) is 14.4 Å². The lowest BCUT2D eigenvalue weighted by Crippen LogP contribution is -2.60. The number of aliphatic hydroxyl groups is 1. The zero-order chi connectivity index (χ0) is 26.9. The third-order valence-electron chi connectivity index (χ3n) is 8.34. The van der Waals surface area contributed by atoms with Crippen molar-refractivity contribution in [1.29, 1.82) is 0 Å². The second kappa shape index (κ2) is 10.8. The van der Waals surface area contributed by atoms with Crippen molar-refractivity contribution in [3.63, 3.8) is 0 Å². The highest BCUT2D eigenvalue weighted by atomic mass is 16.6. The monoisotopic (exact) mass is 514 g/mol. The second-order valence-electron chi connectivity index (χ2n) is 10.1. The van der Waals surface area contributed by atoms with Gasteiger partial charge in [-0.2, -0.15) is 0 Å². The Hall–Kier alpha value is -2.91. The van der Waals surface area contributed by atoms with Crippen LogP contribution in [0.4, 0.5) is 5.69 Å². The summed E-state index contributed by atoms with van der Waals surface area (Å²) < 4.78 is 17.1. The predicted octanol–water partition coefficient (Wildman–Crippen LogP) is 2.56. The smallest absolute Gasteiger partial charge is 0.312 e. The van der Waals surface area contributed by atoms with E-state index in [0.29, 0.717) is 30.7 Å². The highest BCUT2D eigenvalue weighted by molar-refractivity contribution is 6.04. The molecule has 7 atom stereocenters. The Morgan fingerprint density at radius 1 is 1.32 bits per heavy atom. The molecule has 0 radical (unpaired) electrons. The number of amides is 2. The lowest BCUT2D eigenvalue weighted by molar-refractivity contribution is -0.155. The fourth-order valence-corrected chi connectivity index (χ4v) is 6.41. The number of carbonyl (C=O) groups excluding carboxylic acids is 3. The van der Waals surface area contributed by atoms with Gasteiger partial charge in [0.25, 0.3) is 5.91 Å². The van der Waals surface area contributed by atoms with Crippen LogP contribution in [-0.2, 0) is 23.9 Å². The first-order valence-electron chi connectivity index (χ1n) is 13.1. The minimum atomic E-state index is -1.16. The number of rotatable bonds is 11. The van der Waals surface area contributed by atoms with Crippen LogP contribution in [0.2, 0.25) is 0 Å². The van der Waals surface area contributed by atoms with Crippen LogP contribution in [0, 0.1) is 17.8 Å². The number of carbonyl (C=O) groups is 3. The number of ether oxygens (including phenoxy) is 3. The summed E-state index contributed by atoms with van der Waals surface area (Å²) in [5.74, 6) is -2.16. The van der Waals surface area contributed by atoms with Crippen LogP contribution >= 0.6 is 0 Å². The molecule has 202 valence electrons. The Morgan fingerprint density at radius 2 is 2.03 bits per heavy atom. The van der Waals surface area contributed by atoms with Crippen LogP contribution in [0.1, 0.15) is 40.0 Å². The van der Waals surface area contributed by atoms with E-state index in [1.165, 1.54) is 4.90 Å². The van der Waals surface area contributed by atoms with E-state index in [2.05, 4.69) is 6.58 Å². The summed E-state index contributed by atoms with van der Waals surface area (Å²) in [6, 6.07) is 5.50. The third-order valence-corrected chi connectivity index (χ3v) is 8.34. The molecule has 2 bridgehead atoms. The summed E-state index contributed by atoms with van der Waals surface area (Å²) in [7, 11) is 1.57. The highest BCUT2D eigenvalue weighted by Crippen LogP contribution is 2.59. The van der Waals surface area contributed by atoms with Crippen LogP contribution in [0.3, 0.4) is 0 Å². The van der Waals surface area contributed by atoms with Gasteiger partial charge in [0.2, 0.25) is 5.91 Å².